The highest BCUT2D eigenvalue weighted by atomic mass is 31.2. The Hall–Kier alpha value is -0.500. The molecule has 510 valence electrons. The summed E-state index contributed by atoms with van der Waals surface area (Å²) in [4.78, 5) is 25.7. The second-order valence-electron chi connectivity index (χ2n) is 28.4. The molecule has 3 unspecified atom stereocenters. The maximum atomic E-state index is 13.1. The monoisotopic (exact) mass is 1220 g/mol. The number of carbonyl (C=O) groups excluding carboxylic acids is 1. The van der Waals surface area contributed by atoms with Crippen LogP contribution in [0.25, 0.3) is 0 Å². The minimum atomic E-state index is -4.58. The number of aliphatic hydroxyl groups excluding tert-OH is 1. The summed E-state index contributed by atoms with van der Waals surface area (Å²) in [5.74, 6) is -0.152. The van der Waals surface area contributed by atoms with E-state index < -0.39 is 20.0 Å². The summed E-state index contributed by atoms with van der Waals surface area (Å²) < 4.78 is 23.6. The Kier molecular flexibility index (Phi) is 67.5. The molecule has 0 aliphatic carbocycles. The van der Waals surface area contributed by atoms with Crippen molar-refractivity contribution in [1.82, 2.24) is 5.32 Å². The highest BCUT2D eigenvalue weighted by Crippen LogP contribution is 2.38. The third-order valence-corrected chi connectivity index (χ3v) is 19.6. The molecule has 0 rings (SSSR count). The SMILES string of the molecule is CCCCCCCCCCCCCCCCCCCCCCCCCCCCCCCCCCCCCCC(=O)NC(COP(=O)([O-])OCC[N+](C)(C)C)C(O)CCCCCCCCCCCCCCCCCCCCCCCCCCCCC. The van der Waals surface area contributed by atoms with E-state index in [1.165, 1.54) is 366 Å². The van der Waals surface area contributed by atoms with E-state index in [4.69, 9.17) is 9.05 Å². The highest BCUT2D eigenvalue weighted by molar-refractivity contribution is 7.45. The first-order chi connectivity index (χ1) is 41.5. The molecule has 0 saturated carbocycles. The Balaban J connectivity index is 3.90. The average molecular weight is 1220 g/mol. The Bertz CT molecular complexity index is 1350. The number of quaternary nitrogens is 1. The third-order valence-electron chi connectivity index (χ3n) is 18.6. The highest BCUT2D eigenvalue weighted by Gasteiger charge is 2.24. The second kappa shape index (κ2) is 67.9. The van der Waals surface area contributed by atoms with Crippen LogP contribution in [0, 0.1) is 0 Å². The van der Waals surface area contributed by atoms with Crippen molar-refractivity contribution in [2.24, 2.45) is 0 Å². The summed E-state index contributed by atoms with van der Waals surface area (Å²) >= 11 is 0. The largest absolute Gasteiger partial charge is 0.756 e. The van der Waals surface area contributed by atoms with Gasteiger partial charge in [0.05, 0.1) is 39.9 Å². The Morgan fingerprint density at radius 1 is 0.365 bits per heavy atom. The van der Waals surface area contributed by atoms with Gasteiger partial charge < -0.3 is 28.8 Å². The van der Waals surface area contributed by atoms with Crippen LogP contribution < -0.4 is 10.2 Å². The predicted octanol–water partition coefficient (Wildman–Crippen LogP) is 24.4. The van der Waals surface area contributed by atoms with Gasteiger partial charge in [-0.1, -0.05) is 412 Å². The van der Waals surface area contributed by atoms with Gasteiger partial charge in [-0.15, -0.1) is 0 Å². The molecule has 0 saturated heterocycles. The maximum Gasteiger partial charge on any atom is 0.268 e. The number of amides is 1. The van der Waals surface area contributed by atoms with E-state index in [-0.39, 0.29) is 19.1 Å². The van der Waals surface area contributed by atoms with Gasteiger partial charge in [-0.25, -0.2) is 0 Å². The van der Waals surface area contributed by atoms with Gasteiger partial charge in [-0.05, 0) is 12.8 Å². The standard InChI is InChI=1S/C76H155N2O6P/c1-6-8-10-12-14-16-18-20-22-24-26-28-30-32-34-35-36-37-38-39-40-41-42-44-46-48-50-52-54-56-58-60-62-64-66-68-70-76(80)77-74(73-84-85(81,82)83-72-71-78(3,4)5)75(79)69-67-65-63-61-59-57-55-53-51-49-47-45-43-33-31-29-27-25-23-21-19-17-15-13-11-9-7-2/h74-75,79H,6-73H2,1-5H3,(H-,77,80,81,82). The Labute approximate surface area is 533 Å². The zero-order valence-corrected chi connectivity index (χ0v) is 59.5. The molecule has 0 radical (unpaired) electrons. The zero-order valence-electron chi connectivity index (χ0n) is 58.6. The summed E-state index contributed by atoms with van der Waals surface area (Å²) in [5, 5.41) is 14.1. The van der Waals surface area contributed by atoms with Crippen molar-refractivity contribution in [2.45, 2.75) is 443 Å². The van der Waals surface area contributed by atoms with Gasteiger partial charge >= 0.3 is 0 Å². The van der Waals surface area contributed by atoms with E-state index in [0.717, 1.165) is 38.5 Å². The van der Waals surface area contributed by atoms with Gasteiger partial charge in [-0.2, -0.15) is 0 Å². The van der Waals surface area contributed by atoms with Gasteiger partial charge in [0.25, 0.3) is 7.82 Å². The zero-order chi connectivity index (χ0) is 61.9. The molecule has 85 heavy (non-hydrogen) atoms. The molecule has 0 aliphatic rings. The van der Waals surface area contributed by atoms with Gasteiger partial charge in [0.2, 0.25) is 5.91 Å². The first-order valence-corrected chi connectivity index (χ1v) is 40.3. The molecule has 9 heteroatoms. The molecule has 0 fully saturated rings. The van der Waals surface area contributed by atoms with E-state index in [1.54, 1.807) is 0 Å². The summed E-state index contributed by atoms with van der Waals surface area (Å²) in [7, 11) is 1.33. The van der Waals surface area contributed by atoms with Crippen LogP contribution >= 0.6 is 7.82 Å². The van der Waals surface area contributed by atoms with Crippen molar-refractivity contribution in [3.8, 4) is 0 Å². The number of carbonyl (C=O) groups is 1. The number of phosphoric ester groups is 1. The number of aliphatic hydroxyl groups is 1. The number of unbranched alkanes of at least 4 members (excludes halogenated alkanes) is 61. The fraction of sp³-hybridized carbons (Fsp3) is 0.987. The molecule has 2 N–H and O–H groups in total. The molecule has 3 atom stereocenters. The van der Waals surface area contributed by atoms with Gasteiger partial charge in [0.1, 0.15) is 13.2 Å². The van der Waals surface area contributed by atoms with Crippen LogP contribution in [0.3, 0.4) is 0 Å². The summed E-state index contributed by atoms with van der Waals surface area (Å²) in [6.45, 7) is 4.81. The topological polar surface area (TPSA) is 108 Å². The van der Waals surface area contributed by atoms with Gasteiger partial charge in [-0.3, -0.25) is 9.36 Å². The van der Waals surface area contributed by atoms with E-state index in [9.17, 15) is 19.4 Å². The summed E-state index contributed by atoms with van der Waals surface area (Å²) in [6, 6.07) is -0.797. The molecule has 1 amide bonds. The van der Waals surface area contributed by atoms with Crippen LogP contribution in [-0.4, -0.2) is 68.5 Å². The normalized spacial score (nSPS) is 13.4. The minimum absolute atomic E-state index is 0.0171. The third kappa shape index (κ3) is 70.8. The van der Waals surface area contributed by atoms with Crippen LogP contribution in [0.1, 0.15) is 431 Å². The molecular weight excluding hydrogens is 1070 g/mol. The van der Waals surface area contributed by atoms with Crippen molar-refractivity contribution in [3.63, 3.8) is 0 Å². The molecule has 0 aromatic rings. The fourth-order valence-electron chi connectivity index (χ4n) is 12.6. The van der Waals surface area contributed by atoms with E-state index in [2.05, 4.69) is 19.2 Å². The number of nitrogens with one attached hydrogen (secondary N) is 1. The van der Waals surface area contributed by atoms with Crippen LogP contribution in [0.2, 0.25) is 0 Å². The van der Waals surface area contributed by atoms with Crippen molar-refractivity contribution in [3.05, 3.63) is 0 Å². The van der Waals surface area contributed by atoms with Crippen LogP contribution in [-0.2, 0) is 18.4 Å². The summed E-state index contributed by atoms with van der Waals surface area (Å²) in [5.41, 5.74) is 0. The molecular formula is C76H155N2O6P. The fourth-order valence-corrected chi connectivity index (χ4v) is 13.3. The smallest absolute Gasteiger partial charge is 0.268 e. The molecule has 0 bridgehead atoms. The first-order valence-electron chi connectivity index (χ1n) is 38.9. The molecule has 0 aromatic carbocycles. The van der Waals surface area contributed by atoms with E-state index in [0.29, 0.717) is 23.9 Å². The lowest BCUT2D eigenvalue weighted by Crippen LogP contribution is -2.46. The molecule has 0 heterocycles. The summed E-state index contributed by atoms with van der Waals surface area (Å²) in [6.07, 6.45) is 86.5. The molecule has 8 nitrogen and oxygen atoms in total. The van der Waals surface area contributed by atoms with E-state index >= 15 is 0 Å². The van der Waals surface area contributed by atoms with Gasteiger partial charge in [0, 0.05) is 6.42 Å². The van der Waals surface area contributed by atoms with Crippen LogP contribution in [0.4, 0.5) is 0 Å². The Morgan fingerprint density at radius 2 is 0.576 bits per heavy atom. The van der Waals surface area contributed by atoms with Crippen molar-refractivity contribution < 1.29 is 32.9 Å². The number of rotatable bonds is 74. The minimum Gasteiger partial charge on any atom is -0.756 e. The lowest BCUT2D eigenvalue weighted by atomic mass is 10.0. The molecule has 0 spiro atoms. The van der Waals surface area contributed by atoms with Crippen molar-refractivity contribution in [2.75, 3.05) is 40.9 Å². The molecule has 0 aliphatic heterocycles. The molecule has 0 aromatic heterocycles. The lowest BCUT2D eigenvalue weighted by Gasteiger charge is -2.30. The van der Waals surface area contributed by atoms with Gasteiger partial charge in [0.15, 0.2) is 0 Å². The van der Waals surface area contributed by atoms with Crippen LogP contribution in [0.5, 0.6) is 0 Å². The maximum absolute atomic E-state index is 13.1. The van der Waals surface area contributed by atoms with E-state index in [1.807, 2.05) is 21.1 Å². The quantitative estimate of drug-likeness (QED) is 0.0357. The number of hydrogen-bond donors (Lipinski definition) is 2. The number of nitrogens with zero attached hydrogens (tertiary/aromatic N) is 1. The Morgan fingerprint density at radius 3 is 0.800 bits per heavy atom. The first kappa shape index (κ1) is 84.5. The van der Waals surface area contributed by atoms with Crippen LogP contribution in [0.15, 0.2) is 0 Å². The second-order valence-corrected chi connectivity index (χ2v) is 29.8. The number of likely N-dealkylation sites (N-methyl/N-ethyl adjacent to an activating group) is 1. The average Bonchev–Trinajstić information content (AvgIpc) is 3.48. The van der Waals surface area contributed by atoms with Crippen molar-refractivity contribution >= 4 is 13.7 Å². The van der Waals surface area contributed by atoms with Crippen molar-refractivity contribution in [1.29, 1.82) is 0 Å². The predicted molar refractivity (Wildman–Crippen MR) is 372 cm³/mol. The number of hydrogen-bond acceptors (Lipinski definition) is 6. The number of phosphoric acid groups is 1. The lowest BCUT2D eigenvalue weighted by molar-refractivity contribution is -0.870.